The number of amides is 1. The molecule has 100 valence electrons. The number of nitrogens with two attached hydrogens (primary N) is 1. The Morgan fingerprint density at radius 1 is 1.58 bits per heavy atom. The number of carbonyl (C=O) groups is 1. The van der Waals surface area contributed by atoms with Crippen molar-refractivity contribution in [1.29, 1.82) is 0 Å². The van der Waals surface area contributed by atoms with Crippen LogP contribution in [-0.4, -0.2) is 15.9 Å². The van der Waals surface area contributed by atoms with E-state index in [0.29, 0.717) is 22.9 Å². The lowest BCUT2D eigenvalue weighted by molar-refractivity contribution is 0.0950. The minimum atomic E-state index is -0.258. The van der Waals surface area contributed by atoms with Gasteiger partial charge >= 0.3 is 0 Å². The first-order valence-electron chi connectivity index (χ1n) is 5.41. The summed E-state index contributed by atoms with van der Waals surface area (Å²) in [7, 11) is 0. The Balaban J connectivity index is 2.01. The third-order valence-corrected chi connectivity index (χ3v) is 3.56. The number of aryl methyl sites for hydroxylation is 1. The number of thiazole rings is 1. The predicted molar refractivity (Wildman–Crippen MR) is 75.1 cm³/mol. The summed E-state index contributed by atoms with van der Waals surface area (Å²) in [5.41, 5.74) is 3.65. The summed E-state index contributed by atoms with van der Waals surface area (Å²) in [6.07, 6.45) is 1.41. The van der Waals surface area contributed by atoms with Gasteiger partial charge in [0.25, 0.3) is 5.91 Å². The summed E-state index contributed by atoms with van der Waals surface area (Å²) in [5.74, 6) is 5.28. The van der Waals surface area contributed by atoms with E-state index in [1.54, 1.807) is 0 Å². The van der Waals surface area contributed by atoms with E-state index in [9.17, 15) is 4.79 Å². The average molecular weight is 298 g/mol. The van der Waals surface area contributed by atoms with Gasteiger partial charge in [0.1, 0.15) is 5.01 Å². The van der Waals surface area contributed by atoms with Crippen LogP contribution in [-0.2, 0) is 6.54 Å². The molecule has 2 aromatic heterocycles. The van der Waals surface area contributed by atoms with Crippen molar-refractivity contribution in [2.75, 3.05) is 5.43 Å². The SMILES string of the molecule is Cc1csc(CNC(=O)c2cnc(NN)c(Cl)c2)n1. The molecule has 8 heteroatoms. The quantitative estimate of drug-likeness (QED) is 0.590. The molecule has 2 heterocycles. The molecule has 19 heavy (non-hydrogen) atoms. The van der Waals surface area contributed by atoms with Crippen molar-refractivity contribution in [3.63, 3.8) is 0 Å². The molecular weight excluding hydrogens is 286 g/mol. The van der Waals surface area contributed by atoms with E-state index in [1.165, 1.54) is 23.6 Å². The smallest absolute Gasteiger partial charge is 0.253 e. The number of hydrogen-bond donors (Lipinski definition) is 3. The number of nitrogens with zero attached hydrogens (tertiary/aromatic N) is 2. The summed E-state index contributed by atoms with van der Waals surface area (Å²) >= 11 is 7.40. The maximum absolute atomic E-state index is 11.9. The molecule has 0 radical (unpaired) electrons. The van der Waals surface area contributed by atoms with Crippen molar-refractivity contribution < 1.29 is 4.79 Å². The van der Waals surface area contributed by atoms with Crippen molar-refractivity contribution >= 4 is 34.7 Å². The van der Waals surface area contributed by atoms with Gasteiger partial charge in [-0.1, -0.05) is 11.6 Å². The predicted octanol–water partition coefficient (Wildman–Crippen LogP) is 1.72. The van der Waals surface area contributed by atoms with Crippen molar-refractivity contribution in [3.05, 3.63) is 38.9 Å². The highest BCUT2D eigenvalue weighted by atomic mass is 35.5. The molecule has 0 aliphatic carbocycles. The number of hydrogen-bond acceptors (Lipinski definition) is 6. The van der Waals surface area contributed by atoms with Crippen molar-refractivity contribution in [1.82, 2.24) is 15.3 Å². The molecule has 6 nitrogen and oxygen atoms in total. The van der Waals surface area contributed by atoms with Gasteiger partial charge < -0.3 is 10.7 Å². The van der Waals surface area contributed by atoms with Crippen LogP contribution in [0.2, 0.25) is 5.02 Å². The molecule has 0 aromatic carbocycles. The summed E-state index contributed by atoms with van der Waals surface area (Å²) in [6.45, 7) is 2.29. The summed E-state index contributed by atoms with van der Waals surface area (Å²) in [4.78, 5) is 20.1. The summed E-state index contributed by atoms with van der Waals surface area (Å²) in [6, 6.07) is 1.51. The minimum absolute atomic E-state index is 0.258. The third-order valence-electron chi connectivity index (χ3n) is 2.31. The molecule has 1 amide bonds. The standard InChI is InChI=1S/C11H12ClN5OS/c1-6-5-19-9(16-6)4-15-11(18)7-2-8(12)10(17-13)14-3-7/h2-3,5H,4,13H2,1H3,(H,14,17)(H,15,18). The maximum Gasteiger partial charge on any atom is 0.253 e. The van der Waals surface area contributed by atoms with Crippen LogP contribution in [0.3, 0.4) is 0 Å². The maximum atomic E-state index is 11.9. The van der Waals surface area contributed by atoms with Crippen molar-refractivity contribution in [2.24, 2.45) is 5.84 Å². The lowest BCUT2D eigenvalue weighted by atomic mass is 10.2. The van der Waals surface area contributed by atoms with Gasteiger partial charge in [-0.2, -0.15) is 0 Å². The van der Waals surface area contributed by atoms with Crippen LogP contribution < -0.4 is 16.6 Å². The highest BCUT2D eigenvalue weighted by Gasteiger charge is 2.10. The molecule has 0 atom stereocenters. The molecule has 2 rings (SSSR count). The zero-order chi connectivity index (χ0) is 13.8. The number of anilines is 1. The summed E-state index contributed by atoms with van der Waals surface area (Å²) in [5, 5.41) is 5.83. The first-order valence-corrected chi connectivity index (χ1v) is 6.67. The number of halogens is 1. The highest BCUT2D eigenvalue weighted by Crippen LogP contribution is 2.19. The Kier molecular flexibility index (Phi) is 4.31. The largest absolute Gasteiger partial charge is 0.345 e. The van der Waals surface area contributed by atoms with Gasteiger partial charge in [-0.05, 0) is 13.0 Å². The van der Waals surface area contributed by atoms with Crippen LogP contribution in [0.4, 0.5) is 5.82 Å². The van der Waals surface area contributed by atoms with E-state index >= 15 is 0 Å². The van der Waals surface area contributed by atoms with Crippen LogP contribution in [0.5, 0.6) is 0 Å². The Bertz CT molecular complexity index is 601. The monoisotopic (exact) mass is 297 g/mol. The van der Waals surface area contributed by atoms with Gasteiger partial charge in [0.05, 0.1) is 17.1 Å². The molecule has 0 saturated heterocycles. The first-order chi connectivity index (χ1) is 9.10. The number of rotatable bonds is 4. The van der Waals surface area contributed by atoms with Gasteiger partial charge in [-0.3, -0.25) is 4.79 Å². The Morgan fingerprint density at radius 2 is 2.37 bits per heavy atom. The Labute approximate surface area is 119 Å². The fourth-order valence-electron chi connectivity index (χ4n) is 1.41. The number of hydrazine groups is 1. The van der Waals surface area contributed by atoms with E-state index < -0.39 is 0 Å². The molecule has 0 spiro atoms. The molecule has 0 unspecified atom stereocenters. The lowest BCUT2D eigenvalue weighted by Gasteiger charge is -2.06. The van der Waals surface area contributed by atoms with Gasteiger partial charge in [0.15, 0.2) is 5.82 Å². The van der Waals surface area contributed by atoms with Crippen LogP contribution >= 0.6 is 22.9 Å². The molecule has 0 aliphatic rings. The minimum Gasteiger partial charge on any atom is -0.345 e. The van der Waals surface area contributed by atoms with E-state index in [-0.39, 0.29) is 5.91 Å². The van der Waals surface area contributed by atoms with Crippen LogP contribution in [0, 0.1) is 6.92 Å². The van der Waals surface area contributed by atoms with Gasteiger partial charge in [0, 0.05) is 17.3 Å². The van der Waals surface area contributed by atoms with E-state index in [0.717, 1.165) is 10.7 Å². The Hall–Kier alpha value is -1.70. The second kappa shape index (κ2) is 5.96. The zero-order valence-electron chi connectivity index (χ0n) is 10.1. The zero-order valence-corrected chi connectivity index (χ0v) is 11.7. The number of carbonyl (C=O) groups excluding carboxylic acids is 1. The van der Waals surface area contributed by atoms with Gasteiger partial charge in [0.2, 0.25) is 0 Å². The topological polar surface area (TPSA) is 92.9 Å². The first kappa shape index (κ1) is 13.7. The lowest BCUT2D eigenvalue weighted by Crippen LogP contribution is -2.23. The highest BCUT2D eigenvalue weighted by molar-refractivity contribution is 7.09. The van der Waals surface area contributed by atoms with E-state index in [1.807, 2.05) is 12.3 Å². The molecule has 2 aromatic rings. The van der Waals surface area contributed by atoms with Crippen molar-refractivity contribution in [3.8, 4) is 0 Å². The van der Waals surface area contributed by atoms with Crippen molar-refractivity contribution in [2.45, 2.75) is 13.5 Å². The van der Waals surface area contributed by atoms with Crippen LogP contribution in [0.15, 0.2) is 17.6 Å². The Morgan fingerprint density at radius 3 is 2.95 bits per heavy atom. The molecular formula is C11H12ClN5OS. The summed E-state index contributed by atoms with van der Waals surface area (Å²) < 4.78 is 0. The second-order valence-corrected chi connectivity index (χ2v) is 5.11. The number of pyridine rings is 1. The molecule has 0 aliphatic heterocycles. The third kappa shape index (κ3) is 3.40. The average Bonchev–Trinajstić information content (AvgIpc) is 2.81. The van der Waals surface area contributed by atoms with Crippen LogP contribution in [0.1, 0.15) is 21.1 Å². The fraction of sp³-hybridized carbons (Fsp3) is 0.182. The molecule has 0 fully saturated rings. The fourth-order valence-corrected chi connectivity index (χ4v) is 2.34. The second-order valence-electron chi connectivity index (χ2n) is 3.76. The van der Waals surface area contributed by atoms with Gasteiger partial charge in [-0.15, -0.1) is 11.3 Å². The number of nitrogen functional groups attached to an aromatic ring is 1. The normalized spacial score (nSPS) is 10.3. The number of nitrogens with one attached hydrogen (secondary N) is 2. The molecule has 0 saturated carbocycles. The van der Waals surface area contributed by atoms with Crippen LogP contribution in [0.25, 0.3) is 0 Å². The number of aromatic nitrogens is 2. The van der Waals surface area contributed by atoms with E-state index in [2.05, 4.69) is 20.7 Å². The molecule has 4 N–H and O–H groups in total. The van der Waals surface area contributed by atoms with Gasteiger partial charge in [-0.25, -0.2) is 15.8 Å². The van der Waals surface area contributed by atoms with E-state index in [4.69, 9.17) is 17.4 Å². The molecule has 0 bridgehead atoms.